The van der Waals surface area contributed by atoms with Gasteiger partial charge < -0.3 is 4.90 Å². The highest BCUT2D eigenvalue weighted by Crippen LogP contribution is 2.30. The van der Waals surface area contributed by atoms with Gasteiger partial charge in [0.25, 0.3) is 5.91 Å². The van der Waals surface area contributed by atoms with E-state index in [1.807, 2.05) is 6.92 Å². The van der Waals surface area contributed by atoms with Crippen molar-refractivity contribution in [1.29, 1.82) is 0 Å². The van der Waals surface area contributed by atoms with E-state index in [1.165, 1.54) is 6.07 Å². The second-order valence-electron chi connectivity index (χ2n) is 5.38. The van der Waals surface area contributed by atoms with Crippen LogP contribution < -0.4 is 5.14 Å². The molecule has 5 nitrogen and oxygen atoms in total. The van der Waals surface area contributed by atoms with Crippen molar-refractivity contribution < 1.29 is 17.6 Å². The van der Waals surface area contributed by atoms with Crippen molar-refractivity contribution in [3.8, 4) is 0 Å². The summed E-state index contributed by atoms with van der Waals surface area (Å²) in [7, 11) is -3.97. The minimum atomic E-state index is -3.97. The molecule has 1 amide bonds. The standard InChI is InChI=1S/C14H19FN2O3S/c1-2-7-17(9-10-3-4-10)14(18)12-6-5-11(8-13(12)15)21(16,19)20/h5-6,8,10H,2-4,7,9H2,1H3,(H2,16,19,20). The molecule has 116 valence electrons. The zero-order chi connectivity index (χ0) is 15.6. The van der Waals surface area contributed by atoms with Gasteiger partial charge in [0, 0.05) is 13.1 Å². The average Bonchev–Trinajstić information content (AvgIpc) is 3.20. The summed E-state index contributed by atoms with van der Waals surface area (Å²) in [6, 6.07) is 3.14. The number of hydrogen-bond acceptors (Lipinski definition) is 3. The van der Waals surface area contributed by atoms with Crippen LogP contribution in [0.2, 0.25) is 0 Å². The molecule has 7 heteroatoms. The molecule has 0 aromatic heterocycles. The molecule has 0 heterocycles. The molecule has 0 aliphatic heterocycles. The number of halogens is 1. The molecular weight excluding hydrogens is 295 g/mol. The first kappa shape index (κ1) is 15.9. The normalized spacial score (nSPS) is 15.0. The molecule has 1 fully saturated rings. The highest BCUT2D eigenvalue weighted by atomic mass is 32.2. The van der Waals surface area contributed by atoms with E-state index in [4.69, 9.17) is 5.14 Å². The zero-order valence-electron chi connectivity index (χ0n) is 11.9. The molecular formula is C14H19FN2O3S. The monoisotopic (exact) mass is 314 g/mol. The maximum Gasteiger partial charge on any atom is 0.256 e. The van der Waals surface area contributed by atoms with Crippen LogP contribution in [0.5, 0.6) is 0 Å². The van der Waals surface area contributed by atoms with Gasteiger partial charge in [-0.1, -0.05) is 6.92 Å². The molecule has 0 radical (unpaired) electrons. The van der Waals surface area contributed by atoms with Gasteiger partial charge >= 0.3 is 0 Å². The number of primary sulfonamides is 1. The summed E-state index contributed by atoms with van der Waals surface area (Å²) < 4.78 is 36.4. The number of benzene rings is 1. The summed E-state index contributed by atoms with van der Waals surface area (Å²) >= 11 is 0. The molecule has 0 unspecified atom stereocenters. The van der Waals surface area contributed by atoms with E-state index in [-0.39, 0.29) is 10.5 Å². The molecule has 2 rings (SSSR count). The topological polar surface area (TPSA) is 80.5 Å². The van der Waals surface area contributed by atoms with Crippen molar-refractivity contribution in [1.82, 2.24) is 4.90 Å². The zero-order valence-corrected chi connectivity index (χ0v) is 12.7. The fourth-order valence-electron chi connectivity index (χ4n) is 2.17. The lowest BCUT2D eigenvalue weighted by molar-refractivity contribution is 0.0743. The van der Waals surface area contributed by atoms with Crippen molar-refractivity contribution in [2.24, 2.45) is 11.1 Å². The number of rotatable bonds is 6. The molecule has 0 bridgehead atoms. The van der Waals surface area contributed by atoms with Crippen molar-refractivity contribution >= 4 is 15.9 Å². The first-order valence-corrected chi connectivity index (χ1v) is 8.49. The lowest BCUT2D eigenvalue weighted by Gasteiger charge is -2.22. The molecule has 1 aliphatic rings. The third-order valence-corrected chi connectivity index (χ3v) is 4.37. The highest BCUT2D eigenvalue weighted by Gasteiger charge is 2.28. The van der Waals surface area contributed by atoms with Gasteiger partial charge in [0.1, 0.15) is 5.82 Å². The van der Waals surface area contributed by atoms with E-state index in [0.29, 0.717) is 19.0 Å². The summed E-state index contributed by atoms with van der Waals surface area (Å²) in [4.78, 5) is 13.7. The SMILES string of the molecule is CCCN(CC1CC1)C(=O)c1ccc(S(N)(=O)=O)cc1F. The van der Waals surface area contributed by atoms with E-state index < -0.39 is 21.7 Å². The predicted octanol–water partition coefficient (Wildman–Crippen LogP) is 1.74. The molecule has 0 saturated heterocycles. The lowest BCUT2D eigenvalue weighted by atomic mass is 10.1. The van der Waals surface area contributed by atoms with E-state index >= 15 is 0 Å². The average molecular weight is 314 g/mol. The van der Waals surface area contributed by atoms with Gasteiger partial charge in [-0.25, -0.2) is 17.9 Å². The Morgan fingerprint density at radius 3 is 2.57 bits per heavy atom. The van der Waals surface area contributed by atoms with Gasteiger partial charge in [-0.15, -0.1) is 0 Å². The molecule has 0 atom stereocenters. The molecule has 0 spiro atoms. The van der Waals surface area contributed by atoms with Crippen LogP contribution in [0.15, 0.2) is 23.1 Å². The molecule has 1 aliphatic carbocycles. The first-order chi connectivity index (χ1) is 9.82. The maximum atomic E-state index is 14.0. The van der Waals surface area contributed by atoms with E-state index in [9.17, 15) is 17.6 Å². The van der Waals surface area contributed by atoms with Crippen LogP contribution in [0, 0.1) is 11.7 Å². The number of carbonyl (C=O) groups excluding carboxylic acids is 1. The number of hydrogen-bond donors (Lipinski definition) is 1. The van der Waals surface area contributed by atoms with Crippen molar-refractivity contribution in [3.05, 3.63) is 29.6 Å². The quantitative estimate of drug-likeness (QED) is 0.868. The van der Waals surface area contributed by atoms with Crippen LogP contribution in [-0.4, -0.2) is 32.3 Å². The lowest BCUT2D eigenvalue weighted by Crippen LogP contribution is -2.34. The summed E-state index contributed by atoms with van der Waals surface area (Å²) in [5.41, 5.74) is -0.114. The van der Waals surface area contributed by atoms with E-state index in [2.05, 4.69) is 0 Å². The Bertz CT molecular complexity index is 642. The summed E-state index contributed by atoms with van der Waals surface area (Å²) in [5.74, 6) is -0.752. The second-order valence-corrected chi connectivity index (χ2v) is 6.94. The molecule has 1 saturated carbocycles. The van der Waals surface area contributed by atoms with E-state index in [0.717, 1.165) is 31.4 Å². The van der Waals surface area contributed by atoms with Crippen LogP contribution in [0.3, 0.4) is 0 Å². The van der Waals surface area contributed by atoms with Gasteiger partial charge in [0.15, 0.2) is 0 Å². The number of nitrogens with two attached hydrogens (primary N) is 1. The summed E-state index contributed by atoms with van der Waals surface area (Å²) in [6.07, 6.45) is 2.98. The van der Waals surface area contributed by atoms with Crippen molar-refractivity contribution in [2.75, 3.05) is 13.1 Å². The summed E-state index contributed by atoms with van der Waals surface area (Å²) in [6.45, 7) is 3.14. The number of carbonyl (C=O) groups is 1. The highest BCUT2D eigenvalue weighted by molar-refractivity contribution is 7.89. The Kier molecular flexibility index (Phi) is 4.63. The van der Waals surface area contributed by atoms with Crippen LogP contribution in [0.1, 0.15) is 36.5 Å². The Hall–Kier alpha value is -1.47. The van der Waals surface area contributed by atoms with Crippen molar-refractivity contribution in [2.45, 2.75) is 31.1 Å². The number of nitrogens with zero attached hydrogens (tertiary/aromatic N) is 1. The molecule has 1 aromatic rings. The Morgan fingerprint density at radius 1 is 1.43 bits per heavy atom. The smallest absolute Gasteiger partial charge is 0.256 e. The fourth-order valence-corrected chi connectivity index (χ4v) is 2.70. The van der Waals surface area contributed by atoms with Crippen molar-refractivity contribution in [3.63, 3.8) is 0 Å². The largest absolute Gasteiger partial charge is 0.338 e. The fraction of sp³-hybridized carbons (Fsp3) is 0.500. The summed E-state index contributed by atoms with van der Waals surface area (Å²) in [5, 5.41) is 4.94. The number of sulfonamides is 1. The van der Waals surface area contributed by atoms with Gasteiger partial charge in [-0.3, -0.25) is 4.79 Å². The van der Waals surface area contributed by atoms with Crippen LogP contribution in [0.25, 0.3) is 0 Å². The Morgan fingerprint density at radius 2 is 2.10 bits per heavy atom. The third kappa shape index (κ3) is 4.01. The van der Waals surface area contributed by atoms with Crippen LogP contribution in [-0.2, 0) is 10.0 Å². The Balaban J connectivity index is 2.24. The predicted molar refractivity (Wildman–Crippen MR) is 76.7 cm³/mol. The minimum Gasteiger partial charge on any atom is -0.338 e. The third-order valence-electron chi connectivity index (χ3n) is 3.46. The van der Waals surface area contributed by atoms with Gasteiger partial charge in [-0.2, -0.15) is 0 Å². The van der Waals surface area contributed by atoms with Gasteiger partial charge in [-0.05, 0) is 43.4 Å². The minimum absolute atomic E-state index is 0.114. The second kappa shape index (κ2) is 6.11. The van der Waals surface area contributed by atoms with Crippen LogP contribution >= 0.6 is 0 Å². The van der Waals surface area contributed by atoms with Gasteiger partial charge in [0.05, 0.1) is 10.5 Å². The number of amides is 1. The maximum absolute atomic E-state index is 14.0. The molecule has 1 aromatic carbocycles. The molecule has 2 N–H and O–H groups in total. The van der Waals surface area contributed by atoms with Gasteiger partial charge in [0.2, 0.25) is 10.0 Å². The Labute approximate surface area is 124 Å². The van der Waals surface area contributed by atoms with Crippen LogP contribution in [0.4, 0.5) is 4.39 Å². The van der Waals surface area contributed by atoms with E-state index in [1.54, 1.807) is 4.90 Å². The first-order valence-electron chi connectivity index (χ1n) is 6.94. The molecule has 21 heavy (non-hydrogen) atoms.